The van der Waals surface area contributed by atoms with Crippen molar-refractivity contribution in [3.8, 4) is 11.5 Å². The standard InChI is InChI=1S/C15H20N4/c1-11(2)9-16-10-13-5-7-18-15(19-13)14-8-12(3)4-6-17-14/h4-8,11,16H,9-10H2,1-3H3. The van der Waals surface area contributed by atoms with Gasteiger partial charge in [-0.3, -0.25) is 4.98 Å². The summed E-state index contributed by atoms with van der Waals surface area (Å²) in [6, 6.07) is 5.91. The molecule has 2 heterocycles. The Kier molecular flexibility index (Phi) is 4.58. The monoisotopic (exact) mass is 256 g/mol. The van der Waals surface area contributed by atoms with Crippen LogP contribution in [0.5, 0.6) is 0 Å². The van der Waals surface area contributed by atoms with Gasteiger partial charge in [0, 0.05) is 18.9 Å². The lowest BCUT2D eigenvalue weighted by Gasteiger charge is -2.07. The van der Waals surface area contributed by atoms with Crippen LogP contribution in [0.15, 0.2) is 30.6 Å². The van der Waals surface area contributed by atoms with Crippen LogP contribution < -0.4 is 5.32 Å². The number of pyridine rings is 1. The van der Waals surface area contributed by atoms with Crippen LogP contribution in [0.4, 0.5) is 0 Å². The zero-order chi connectivity index (χ0) is 13.7. The summed E-state index contributed by atoms with van der Waals surface area (Å²) in [6.45, 7) is 8.17. The van der Waals surface area contributed by atoms with Gasteiger partial charge in [-0.2, -0.15) is 0 Å². The minimum Gasteiger partial charge on any atom is -0.311 e. The third-order valence-electron chi connectivity index (χ3n) is 2.72. The Morgan fingerprint density at radius 3 is 2.68 bits per heavy atom. The first-order valence-corrected chi connectivity index (χ1v) is 6.61. The molecule has 0 saturated heterocycles. The highest BCUT2D eigenvalue weighted by molar-refractivity contribution is 5.49. The molecule has 1 N–H and O–H groups in total. The van der Waals surface area contributed by atoms with Crippen LogP contribution >= 0.6 is 0 Å². The SMILES string of the molecule is Cc1ccnc(-c2nccc(CNCC(C)C)n2)c1. The smallest absolute Gasteiger partial charge is 0.178 e. The quantitative estimate of drug-likeness (QED) is 0.893. The summed E-state index contributed by atoms with van der Waals surface area (Å²) in [5, 5.41) is 3.38. The molecule has 0 aromatic carbocycles. The highest BCUT2D eigenvalue weighted by Crippen LogP contribution is 2.12. The summed E-state index contributed by atoms with van der Waals surface area (Å²) < 4.78 is 0. The number of nitrogens with one attached hydrogen (secondary N) is 1. The third kappa shape index (κ3) is 4.10. The van der Waals surface area contributed by atoms with Crippen LogP contribution in [0.1, 0.15) is 25.1 Å². The molecule has 19 heavy (non-hydrogen) atoms. The van der Waals surface area contributed by atoms with Gasteiger partial charge in [0.05, 0.1) is 5.69 Å². The number of aromatic nitrogens is 3. The molecule has 0 unspecified atom stereocenters. The number of aryl methyl sites for hydroxylation is 1. The first kappa shape index (κ1) is 13.6. The molecule has 2 aromatic heterocycles. The first-order chi connectivity index (χ1) is 9.15. The Hall–Kier alpha value is -1.81. The maximum atomic E-state index is 4.54. The predicted molar refractivity (Wildman–Crippen MR) is 76.5 cm³/mol. The fraction of sp³-hybridized carbons (Fsp3) is 0.400. The summed E-state index contributed by atoms with van der Waals surface area (Å²) in [6.07, 6.45) is 3.58. The topological polar surface area (TPSA) is 50.7 Å². The molecule has 2 aromatic rings. The second-order valence-electron chi connectivity index (χ2n) is 5.11. The van der Waals surface area contributed by atoms with Crippen LogP contribution in [0.2, 0.25) is 0 Å². The number of hydrogen-bond acceptors (Lipinski definition) is 4. The van der Waals surface area contributed by atoms with E-state index in [1.165, 1.54) is 0 Å². The van der Waals surface area contributed by atoms with Gasteiger partial charge in [0.1, 0.15) is 5.69 Å². The van der Waals surface area contributed by atoms with Crippen LogP contribution in [0.3, 0.4) is 0 Å². The van der Waals surface area contributed by atoms with Crippen molar-refractivity contribution >= 4 is 0 Å². The summed E-state index contributed by atoms with van der Waals surface area (Å²) in [7, 11) is 0. The zero-order valence-electron chi connectivity index (χ0n) is 11.7. The van der Waals surface area contributed by atoms with Crippen LogP contribution in [-0.4, -0.2) is 21.5 Å². The molecule has 0 fully saturated rings. The second kappa shape index (κ2) is 6.38. The molecule has 0 bridgehead atoms. The van der Waals surface area contributed by atoms with Crippen molar-refractivity contribution in [1.82, 2.24) is 20.3 Å². The normalized spacial score (nSPS) is 10.9. The molecule has 0 atom stereocenters. The van der Waals surface area contributed by atoms with Gasteiger partial charge in [0.2, 0.25) is 0 Å². The van der Waals surface area contributed by atoms with Gasteiger partial charge >= 0.3 is 0 Å². The maximum absolute atomic E-state index is 4.54. The third-order valence-corrected chi connectivity index (χ3v) is 2.72. The van der Waals surface area contributed by atoms with E-state index in [1.54, 1.807) is 12.4 Å². The highest BCUT2D eigenvalue weighted by Gasteiger charge is 2.04. The Morgan fingerprint density at radius 1 is 1.16 bits per heavy atom. The summed E-state index contributed by atoms with van der Waals surface area (Å²) >= 11 is 0. The van der Waals surface area contributed by atoms with E-state index in [-0.39, 0.29) is 0 Å². The Morgan fingerprint density at radius 2 is 1.95 bits per heavy atom. The van der Waals surface area contributed by atoms with E-state index in [9.17, 15) is 0 Å². The van der Waals surface area contributed by atoms with Crippen LogP contribution in [0, 0.1) is 12.8 Å². The molecule has 0 aliphatic carbocycles. The maximum Gasteiger partial charge on any atom is 0.178 e. The van der Waals surface area contributed by atoms with Gasteiger partial charge in [-0.25, -0.2) is 9.97 Å². The van der Waals surface area contributed by atoms with Crippen molar-refractivity contribution in [2.45, 2.75) is 27.3 Å². The van der Waals surface area contributed by atoms with E-state index in [1.807, 2.05) is 25.1 Å². The summed E-state index contributed by atoms with van der Waals surface area (Å²) in [4.78, 5) is 13.2. The Labute approximate surface area is 114 Å². The molecule has 0 aliphatic heterocycles. The van der Waals surface area contributed by atoms with Gasteiger partial charge in [0.25, 0.3) is 0 Å². The van der Waals surface area contributed by atoms with Gasteiger partial charge in [-0.05, 0) is 43.1 Å². The molecule has 100 valence electrons. The molecule has 2 rings (SSSR count). The first-order valence-electron chi connectivity index (χ1n) is 6.61. The van der Waals surface area contributed by atoms with Crippen molar-refractivity contribution in [1.29, 1.82) is 0 Å². The second-order valence-corrected chi connectivity index (χ2v) is 5.11. The van der Waals surface area contributed by atoms with Crippen molar-refractivity contribution in [2.24, 2.45) is 5.92 Å². The zero-order valence-corrected chi connectivity index (χ0v) is 11.7. The number of hydrogen-bond donors (Lipinski definition) is 1. The van der Waals surface area contributed by atoms with E-state index in [4.69, 9.17) is 0 Å². The predicted octanol–water partition coefficient (Wildman–Crippen LogP) is 2.59. The molecular weight excluding hydrogens is 236 g/mol. The Balaban J connectivity index is 2.11. The molecule has 4 nitrogen and oxygen atoms in total. The summed E-state index contributed by atoms with van der Waals surface area (Å²) in [5.41, 5.74) is 2.98. The minimum absolute atomic E-state index is 0.639. The lowest BCUT2D eigenvalue weighted by Crippen LogP contribution is -2.19. The van der Waals surface area contributed by atoms with Crippen molar-refractivity contribution < 1.29 is 0 Å². The van der Waals surface area contributed by atoms with E-state index in [0.717, 1.165) is 30.0 Å². The highest BCUT2D eigenvalue weighted by atomic mass is 14.9. The van der Waals surface area contributed by atoms with Crippen LogP contribution in [0.25, 0.3) is 11.5 Å². The van der Waals surface area contributed by atoms with E-state index in [0.29, 0.717) is 11.7 Å². The van der Waals surface area contributed by atoms with Gasteiger partial charge < -0.3 is 5.32 Å². The van der Waals surface area contributed by atoms with Crippen LogP contribution in [-0.2, 0) is 6.54 Å². The number of nitrogens with zero attached hydrogens (tertiary/aromatic N) is 3. The molecule has 0 radical (unpaired) electrons. The van der Waals surface area contributed by atoms with Crippen molar-refractivity contribution in [3.63, 3.8) is 0 Å². The largest absolute Gasteiger partial charge is 0.311 e. The molecule has 4 heteroatoms. The average Bonchev–Trinajstić information content (AvgIpc) is 2.39. The fourth-order valence-electron chi connectivity index (χ4n) is 1.77. The fourth-order valence-corrected chi connectivity index (χ4v) is 1.77. The van der Waals surface area contributed by atoms with Crippen molar-refractivity contribution in [3.05, 3.63) is 41.9 Å². The minimum atomic E-state index is 0.639. The molecule has 0 aliphatic rings. The molecule has 0 amide bonds. The summed E-state index contributed by atoms with van der Waals surface area (Å²) in [5.74, 6) is 1.33. The van der Waals surface area contributed by atoms with Gasteiger partial charge in [-0.15, -0.1) is 0 Å². The average molecular weight is 256 g/mol. The van der Waals surface area contributed by atoms with Crippen molar-refractivity contribution in [2.75, 3.05) is 6.54 Å². The molecule has 0 spiro atoms. The lowest BCUT2D eigenvalue weighted by molar-refractivity contribution is 0.548. The van der Waals surface area contributed by atoms with Gasteiger partial charge in [0.15, 0.2) is 5.82 Å². The lowest BCUT2D eigenvalue weighted by atomic mass is 10.2. The van der Waals surface area contributed by atoms with Gasteiger partial charge in [-0.1, -0.05) is 13.8 Å². The van der Waals surface area contributed by atoms with E-state index < -0.39 is 0 Å². The number of rotatable bonds is 5. The Bertz CT molecular complexity index is 537. The van der Waals surface area contributed by atoms with E-state index in [2.05, 4.69) is 34.1 Å². The molecule has 0 saturated carbocycles. The van der Waals surface area contributed by atoms with E-state index >= 15 is 0 Å². The molecular formula is C15H20N4.